The van der Waals surface area contributed by atoms with Crippen molar-refractivity contribution in [2.45, 2.75) is 25.2 Å². The van der Waals surface area contributed by atoms with E-state index in [-0.39, 0.29) is 17.2 Å². The molecule has 34 heavy (non-hydrogen) atoms. The van der Waals surface area contributed by atoms with E-state index in [1.165, 1.54) is 6.07 Å². The summed E-state index contributed by atoms with van der Waals surface area (Å²) in [7, 11) is -1.91. The molecular formula is C26H27N3O4S. The first-order valence-corrected chi connectivity index (χ1v) is 12.4. The molecule has 0 aliphatic rings. The summed E-state index contributed by atoms with van der Waals surface area (Å²) in [5.41, 5.74) is 3.38. The van der Waals surface area contributed by atoms with Crippen molar-refractivity contribution in [3.63, 3.8) is 0 Å². The summed E-state index contributed by atoms with van der Waals surface area (Å²) >= 11 is 0. The van der Waals surface area contributed by atoms with Crippen LogP contribution in [0.4, 0.5) is 11.4 Å². The van der Waals surface area contributed by atoms with E-state index in [0.717, 1.165) is 16.5 Å². The number of sulfonamides is 1. The number of ether oxygens (including phenoxy) is 1. The van der Waals surface area contributed by atoms with Gasteiger partial charge >= 0.3 is 0 Å². The third kappa shape index (κ3) is 5.07. The Morgan fingerprint density at radius 3 is 2.44 bits per heavy atom. The fourth-order valence-corrected chi connectivity index (χ4v) is 5.24. The molecule has 7 nitrogen and oxygen atoms in total. The van der Waals surface area contributed by atoms with Crippen LogP contribution in [0, 0.1) is 6.92 Å². The number of para-hydroxylation sites is 1. The van der Waals surface area contributed by atoms with E-state index in [2.05, 4.69) is 10.0 Å². The molecule has 4 aromatic rings. The van der Waals surface area contributed by atoms with E-state index >= 15 is 0 Å². The fourth-order valence-electron chi connectivity index (χ4n) is 3.91. The molecule has 2 N–H and O–H groups in total. The van der Waals surface area contributed by atoms with Crippen molar-refractivity contribution in [3.8, 4) is 5.75 Å². The van der Waals surface area contributed by atoms with Crippen molar-refractivity contribution in [2.75, 3.05) is 16.6 Å². The summed E-state index contributed by atoms with van der Waals surface area (Å²) in [5.74, 6) is 0.445. The topological polar surface area (TPSA) is 89.4 Å². The second kappa shape index (κ2) is 9.61. The summed E-state index contributed by atoms with van der Waals surface area (Å²) in [4.78, 5) is 12.9. The van der Waals surface area contributed by atoms with Gasteiger partial charge < -0.3 is 14.6 Å². The van der Waals surface area contributed by atoms with Gasteiger partial charge in [0, 0.05) is 35.5 Å². The number of hydrogen-bond donors (Lipinski definition) is 2. The zero-order valence-corrected chi connectivity index (χ0v) is 20.1. The van der Waals surface area contributed by atoms with Crippen LogP contribution >= 0.6 is 0 Å². The van der Waals surface area contributed by atoms with Gasteiger partial charge in [0.1, 0.15) is 5.75 Å². The zero-order valence-electron chi connectivity index (χ0n) is 19.3. The van der Waals surface area contributed by atoms with Crippen LogP contribution in [0.2, 0.25) is 0 Å². The van der Waals surface area contributed by atoms with Gasteiger partial charge in [-0.3, -0.25) is 9.52 Å². The SMILES string of the molecule is CCOc1ccc(NS(=O)(=O)c2cc(NC(=O)Cc3cn(C)c4ccccc34)ccc2C)cc1. The molecule has 0 aliphatic carbocycles. The Kier molecular flexibility index (Phi) is 6.61. The monoisotopic (exact) mass is 477 g/mol. The lowest BCUT2D eigenvalue weighted by Crippen LogP contribution is -2.17. The maximum Gasteiger partial charge on any atom is 0.262 e. The fraction of sp³-hybridized carbons (Fsp3) is 0.192. The Hall–Kier alpha value is -3.78. The molecule has 0 spiro atoms. The van der Waals surface area contributed by atoms with Gasteiger partial charge in [-0.1, -0.05) is 24.3 Å². The molecular weight excluding hydrogens is 450 g/mol. The summed E-state index contributed by atoms with van der Waals surface area (Å²) in [6.07, 6.45) is 2.12. The first-order valence-electron chi connectivity index (χ1n) is 11.0. The Bertz CT molecular complexity index is 1440. The summed E-state index contributed by atoms with van der Waals surface area (Å²) < 4.78 is 36.1. The highest BCUT2D eigenvalue weighted by atomic mass is 32.2. The molecule has 0 saturated carbocycles. The number of nitrogens with one attached hydrogen (secondary N) is 2. The van der Waals surface area contributed by atoms with Crippen LogP contribution in [0.5, 0.6) is 5.75 Å². The van der Waals surface area contributed by atoms with Crippen LogP contribution in [0.1, 0.15) is 18.1 Å². The second-order valence-corrected chi connectivity index (χ2v) is 9.70. The predicted molar refractivity (Wildman–Crippen MR) is 135 cm³/mol. The van der Waals surface area contributed by atoms with Crippen LogP contribution in [-0.2, 0) is 28.3 Å². The lowest BCUT2D eigenvalue weighted by molar-refractivity contribution is -0.115. The third-order valence-corrected chi connectivity index (χ3v) is 7.03. The number of carbonyl (C=O) groups excluding carboxylic acids is 1. The van der Waals surface area contributed by atoms with Gasteiger partial charge in [0.05, 0.1) is 17.9 Å². The van der Waals surface area contributed by atoms with E-state index in [1.807, 2.05) is 49.0 Å². The average Bonchev–Trinajstić information content (AvgIpc) is 3.11. The maximum absolute atomic E-state index is 13.1. The normalized spacial score (nSPS) is 11.4. The minimum Gasteiger partial charge on any atom is -0.494 e. The number of amides is 1. The van der Waals surface area contributed by atoms with E-state index in [4.69, 9.17) is 4.74 Å². The number of aromatic nitrogens is 1. The van der Waals surface area contributed by atoms with E-state index in [9.17, 15) is 13.2 Å². The number of carbonyl (C=O) groups is 1. The number of benzene rings is 3. The largest absolute Gasteiger partial charge is 0.494 e. The predicted octanol–water partition coefficient (Wildman–Crippen LogP) is 4.87. The second-order valence-electron chi connectivity index (χ2n) is 8.05. The number of nitrogens with zero attached hydrogens (tertiary/aromatic N) is 1. The molecule has 176 valence electrons. The first kappa shape index (κ1) is 23.4. The van der Waals surface area contributed by atoms with Crippen LogP contribution in [-0.4, -0.2) is 25.5 Å². The van der Waals surface area contributed by atoms with Crippen molar-refractivity contribution in [3.05, 3.63) is 84.1 Å². The van der Waals surface area contributed by atoms with Crippen LogP contribution in [0.15, 0.2) is 77.8 Å². The summed E-state index contributed by atoms with van der Waals surface area (Å²) in [6.45, 7) is 4.13. The highest BCUT2D eigenvalue weighted by molar-refractivity contribution is 7.92. The molecule has 3 aromatic carbocycles. The highest BCUT2D eigenvalue weighted by Crippen LogP contribution is 2.25. The van der Waals surface area contributed by atoms with Gasteiger partial charge in [-0.25, -0.2) is 8.42 Å². The Balaban J connectivity index is 1.51. The Morgan fingerprint density at radius 2 is 1.71 bits per heavy atom. The van der Waals surface area contributed by atoms with Gasteiger partial charge in [-0.2, -0.15) is 0 Å². The Labute approximate surface area is 199 Å². The van der Waals surface area contributed by atoms with E-state index in [1.54, 1.807) is 43.3 Å². The maximum atomic E-state index is 13.1. The van der Waals surface area contributed by atoms with Crippen LogP contribution < -0.4 is 14.8 Å². The van der Waals surface area contributed by atoms with Gasteiger partial charge in [0.15, 0.2) is 0 Å². The Morgan fingerprint density at radius 1 is 1.00 bits per heavy atom. The highest BCUT2D eigenvalue weighted by Gasteiger charge is 2.19. The van der Waals surface area contributed by atoms with Gasteiger partial charge in [0.25, 0.3) is 10.0 Å². The molecule has 0 aliphatic heterocycles. The molecule has 0 fully saturated rings. The lowest BCUT2D eigenvalue weighted by atomic mass is 10.1. The minimum absolute atomic E-state index is 0.101. The average molecular weight is 478 g/mol. The molecule has 0 radical (unpaired) electrons. The van der Waals surface area contributed by atoms with Crippen LogP contribution in [0.3, 0.4) is 0 Å². The lowest BCUT2D eigenvalue weighted by Gasteiger charge is -2.13. The molecule has 0 bridgehead atoms. The van der Waals surface area contributed by atoms with Crippen LogP contribution in [0.25, 0.3) is 10.9 Å². The summed E-state index contributed by atoms with van der Waals surface area (Å²) in [6, 6.07) is 19.5. The number of anilines is 2. The van der Waals surface area contributed by atoms with Crippen molar-refractivity contribution < 1.29 is 17.9 Å². The number of hydrogen-bond acceptors (Lipinski definition) is 4. The van der Waals surface area contributed by atoms with E-state index in [0.29, 0.717) is 29.3 Å². The summed E-state index contributed by atoms with van der Waals surface area (Å²) in [5, 5.41) is 3.85. The number of aryl methyl sites for hydroxylation is 2. The molecule has 1 aromatic heterocycles. The molecule has 0 atom stereocenters. The first-order chi connectivity index (χ1) is 16.3. The van der Waals surface area contributed by atoms with Crippen molar-refractivity contribution in [1.82, 2.24) is 4.57 Å². The van der Waals surface area contributed by atoms with Crippen molar-refractivity contribution in [2.24, 2.45) is 7.05 Å². The van der Waals surface area contributed by atoms with Gasteiger partial charge in [0.2, 0.25) is 5.91 Å². The molecule has 0 saturated heterocycles. The minimum atomic E-state index is -3.86. The van der Waals surface area contributed by atoms with Crippen molar-refractivity contribution in [1.29, 1.82) is 0 Å². The smallest absolute Gasteiger partial charge is 0.262 e. The third-order valence-electron chi connectivity index (χ3n) is 5.51. The standard InChI is InChI=1S/C26H27N3O4S/c1-4-33-22-13-11-20(12-14-22)28-34(31,32)25-16-21(10-9-18(25)2)27-26(30)15-19-17-29(3)24-8-6-5-7-23(19)24/h5-14,16-17,28H,4,15H2,1-3H3,(H,27,30). The quantitative estimate of drug-likeness (QED) is 0.379. The van der Waals surface area contributed by atoms with Gasteiger partial charge in [-0.15, -0.1) is 0 Å². The number of fused-ring (bicyclic) bond motifs is 1. The zero-order chi connectivity index (χ0) is 24.3. The molecule has 8 heteroatoms. The number of rotatable bonds is 8. The van der Waals surface area contributed by atoms with Gasteiger partial charge in [-0.05, 0) is 67.4 Å². The molecule has 0 unspecified atom stereocenters. The van der Waals surface area contributed by atoms with E-state index < -0.39 is 10.0 Å². The molecule has 1 heterocycles. The molecule has 1 amide bonds. The van der Waals surface area contributed by atoms with Crippen molar-refractivity contribution >= 4 is 38.2 Å². The molecule has 4 rings (SSSR count).